The first-order valence-electron chi connectivity index (χ1n) is 13.0. The van der Waals surface area contributed by atoms with Gasteiger partial charge in [-0.05, 0) is 48.9 Å². The number of nitrogens with one attached hydrogen (secondary N) is 2. The summed E-state index contributed by atoms with van der Waals surface area (Å²) in [6.07, 6.45) is 9.81. The van der Waals surface area contributed by atoms with E-state index in [1.807, 2.05) is 10.6 Å². The van der Waals surface area contributed by atoms with E-state index in [2.05, 4.69) is 37.8 Å². The molecule has 0 aromatic carbocycles. The second-order valence-electron chi connectivity index (χ2n) is 10.1. The molecule has 2 amide bonds. The van der Waals surface area contributed by atoms with Gasteiger partial charge in [-0.25, -0.2) is 19.7 Å². The monoisotopic (exact) mass is 544 g/mol. The van der Waals surface area contributed by atoms with Gasteiger partial charge in [-0.2, -0.15) is 0 Å². The minimum atomic E-state index is -0.343. The second kappa shape index (κ2) is 9.49. The minimum absolute atomic E-state index is 0.0610. The Morgan fingerprint density at radius 3 is 2.79 bits per heavy atom. The molecule has 0 radical (unpaired) electrons. The first-order valence-corrected chi connectivity index (χ1v) is 13.3. The van der Waals surface area contributed by atoms with Gasteiger partial charge in [-0.15, -0.1) is 0 Å². The predicted octanol–water partition coefficient (Wildman–Crippen LogP) is 4.36. The van der Waals surface area contributed by atoms with Gasteiger partial charge in [0.1, 0.15) is 24.6 Å². The van der Waals surface area contributed by atoms with Crippen LogP contribution in [0.2, 0.25) is 5.02 Å². The van der Waals surface area contributed by atoms with Gasteiger partial charge in [0, 0.05) is 47.2 Å². The molecule has 0 spiro atoms. The largest absolute Gasteiger partial charge is 0.447 e. The summed E-state index contributed by atoms with van der Waals surface area (Å²) in [4.78, 5) is 44.3. The van der Waals surface area contributed by atoms with Crippen molar-refractivity contribution >= 4 is 46.6 Å². The summed E-state index contributed by atoms with van der Waals surface area (Å²) in [5.41, 5.74) is 4.30. The van der Waals surface area contributed by atoms with Gasteiger partial charge in [0.25, 0.3) is 0 Å². The van der Waals surface area contributed by atoms with Crippen LogP contribution in [-0.2, 0) is 16.1 Å². The van der Waals surface area contributed by atoms with E-state index in [9.17, 15) is 9.59 Å². The van der Waals surface area contributed by atoms with Gasteiger partial charge in [0.15, 0.2) is 5.65 Å². The maximum atomic E-state index is 12.8. The number of cyclic esters (lactones) is 1. The van der Waals surface area contributed by atoms with E-state index < -0.39 is 0 Å². The number of rotatable bonds is 8. The van der Waals surface area contributed by atoms with Crippen molar-refractivity contribution in [2.45, 2.75) is 37.6 Å². The molecule has 4 aromatic rings. The summed E-state index contributed by atoms with van der Waals surface area (Å²) in [5, 5.41) is 6.76. The van der Waals surface area contributed by atoms with Crippen LogP contribution in [0, 0.1) is 5.92 Å². The maximum Gasteiger partial charge on any atom is 0.414 e. The highest BCUT2D eigenvalue weighted by Crippen LogP contribution is 2.47. The third-order valence-corrected chi connectivity index (χ3v) is 7.56. The molecule has 7 rings (SSSR count). The molecular weight excluding hydrogens is 520 g/mol. The Morgan fingerprint density at radius 2 is 2.00 bits per heavy atom. The van der Waals surface area contributed by atoms with Crippen LogP contribution >= 0.6 is 11.6 Å². The third kappa shape index (κ3) is 4.85. The molecule has 1 aliphatic heterocycles. The highest BCUT2D eigenvalue weighted by atomic mass is 35.5. The third-order valence-electron chi connectivity index (χ3n) is 7.32. The number of hydrogen-bond donors (Lipinski definition) is 2. The molecule has 39 heavy (non-hydrogen) atoms. The number of ether oxygens (including phenoxy) is 1. The van der Waals surface area contributed by atoms with E-state index >= 15 is 0 Å². The Labute approximate surface area is 228 Å². The highest BCUT2D eigenvalue weighted by Gasteiger charge is 2.45. The van der Waals surface area contributed by atoms with Crippen molar-refractivity contribution in [1.82, 2.24) is 24.3 Å². The van der Waals surface area contributed by atoms with Crippen molar-refractivity contribution < 1.29 is 14.3 Å². The molecule has 3 aliphatic rings. The van der Waals surface area contributed by atoms with Crippen LogP contribution in [0.15, 0.2) is 49.2 Å². The predicted molar refractivity (Wildman–Crippen MR) is 144 cm³/mol. The number of halogens is 1. The van der Waals surface area contributed by atoms with Crippen molar-refractivity contribution in [2.24, 2.45) is 5.92 Å². The molecule has 2 atom stereocenters. The molecule has 0 bridgehead atoms. The van der Waals surface area contributed by atoms with E-state index in [1.165, 1.54) is 11.9 Å². The Bertz CT molecular complexity index is 1600. The summed E-state index contributed by atoms with van der Waals surface area (Å²) in [5.74, 6) is 1.29. The van der Waals surface area contributed by atoms with Crippen LogP contribution < -0.4 is 15.5 Å². The molecule has 2 N–H and O–H groups in total. The molecular formula is C27H25ClN8O3. The highest BCUT2D eigenvalue weighted by molar-refractivity contribution is 6.30. The lowest BCUT2D eigenvalue weighted by molar-refractivity contribution is -0.117. The summed E-state index contributed by atoms with van der Waals surface area (Å²) in [7, 11) is 0. The molecule has 2 aliphatic carbocycles. The van der Waals surface area contributed by atoms with Gasteiger partial charge in [-0.3, -0.25) is 14.7 Å². The lowest BCUT2D eigenvalue weighted by Gasteiger charge is -2.15. The molecule has 2 unspecified atom stereocenters. The van der Waals surface area contributed by atoms with Crippen LogP contribution in [0.3, 0.4) is 0 Å². The van der Waals surface area contributed by atoms with Gasteiger partial charge < -0.3 is 19.8 Å². The molecule has 11 nitrogen and oxygen atoms in total. The summed E-state index contributed by atoms with van der Waals surface area (Å²) in [6.45, 7) is 1.29. The van der Waals surface area contributed by atoms with Gasteiger partial charge in [0.2, 0.25) is 5.91 Å². The fourth-order valence-electron chi connectivity index (χ4n) is 5.05. The zero-order valence-corrected chi connectivity index (χ0v) is 21.6. The van der Waals surface area contributed by atoms with E-state index in [-0.39, 0.29) is 23.8 Å². The molecule has 2 saturated carbocycles. The molecule has 5 heterocycles. The van der Waals surface area contributed by atoms with Crippen molar-refractivity contribution in [3.8, 4) is 0 Å². The van der Waals surface area contributed by atoms with Crippen LogP contribution in [-0.4, -0.2) is 49.5 Å². The Kier molecular flexibility index (Phi) is 5.80. The lowest BCUT2D eigenvalue weighted by atomic mass is 10.1. The average molecular weight is 545 g/mol. The minimum Gasteiger partial charge on any atom is -0.447 e. The number of nitrogens with zero attached hydrogens (tertiary/aromatic N) is 6. The SMILES string of the molecule is O=C(Nc1cc(NCc2cn3cc(C4CC4)cc(N4CCOC4=O)c3n2)ncn1)C1CC1c1cc(Cl)ccn1. The van der Waals surface area contributed by atoms with Gasteiger partial charge in [0.05, 0.1) is 24.5 Å². The number of pyridine rings is 2. The second-order valence-corrected chi connectivity index (χ2v) is 10.6. The van der Waals surface area contributed by atoms with E-state index in [0.717, 1.165) is 36.3 Å². The zero-order valence-electron chi connectivity index (χ0n) is 20.9. The first kappa shape index (κ1) is 23.8. The van der Waals surface area contributed by atoms with Crippen molar-refractivity contribution in [3.05, 3.63) is 71.2 Å². The number of anilines is 3. The summed E-state index contributed by atoms with van der Waals surface area (Å²) < 4.78 is 7.16. The van der Waals surface area contributed by atoms with Crippen LogP contribution in [0.1, 0.15) is 48.0 Å². The molecule has 4 aromatic heterocycles. The Hall–Kier alpha value is -4.25. The normalized spacial score (nSPS) is 20.2. The first-order chi connectivity index (χ1) is 19.0. The standard InChI is InChI=1S/C27H25ClN8O3/c28-17-3-4-29-21(8-17)19-9-20(19)26(37)34-24-10-23(31-14-32-24)30-11-18-13-35-12-16(15-1-2-15)7-22(25(35)33-18)36-5-6-39-27(36)38/h3-4,7-8,10,12-15,19-20H,1-2,5-6,9,11H2,(H2,30,31,32,34,37). The van der Waals surface area contributed by atoms with Crippen molar-refractivity contribution in [3.63, 3.8) is 0 Å². The Morgan fingerprint density at radius 1 is 1.13 bits per heavy atom. The van der Waals surface area contributed by atoms with Gasteiger partial charge in [-0.1, -0.05) is 11.6 Å². The molecule has 1 saturated heterocycles. The van der Waals surface area contributed by atoms with Crippen LogP contribution in [0.4, 0.5) is 22.1 Å². The van der Waals surface area contributed by atoms with Gasteiger partial charge >= 0.3 is 6.09 Å². The number of carbonyl (C=O) groups excluding carboxylic acids is 2. The van der Waals surface area contributed by atoms with Crippen LogP contribution in [0.25, 0.3) is 5.65 Å². The molecule has 3 fully saturated rings. The van der Waals surface area contributed by atoms with E-state index in [1.54, 1.807) is 29.3 Å². The topological polar surface area (TPSA) is 127 Å². The Balaban J connectivity index is 1.04. The number of imidazole rings is 1. The van der Waals surface area contributed by atoms with Crippen molar-refractivity contribution in [2.75, 3.05) is 28.7 Å². The summed E-state index contributed by atoms with van der Waals surface area (Å²) >= 11 is 6.06. The number of amides is 2. The summed E-state index contributed by atoms with van der Waals surface area (Å²) in [6, 6.07) is 7.28. The number of carbonyl (C=O) groups is 2. The number of hydrogen-bond acceptors (Lipinski definition) is 8. The fourth-order valence-corrected chi connectivity index (χ4v) is 5.21. The number of aromatic nitrogens is 5. The molecule has 12 heteroatoms. The average Bonchev–Trinajstić information content (AvgIpc) is 3.85. The zero-order chi connectivity index (χ0) is 26.5. The lowest BCUT2D eigenvalue weighted by Crippen LogP contribution is -2.24. The molecule has 198 valence electrons. The maximum absolute atomic E-state index is 12.8. The fraction of sp³-hybridized carbons (Fsp3) is 0.333. The van der Waals surface area contributed by atoms with Crippen molar-refractivity contribution in [1.29, 1.82) is 0 Å². The van der Waals surface area contributed by atoms with E-state index in [4.69, 9.17) is 21.3 Å². The number of fused-ring (bicyclic) bond motifs is 1. The smallest absolute Gasteiger partial charge is 0.414 e. The van der Waals surface area contributed by atoms with E-state index in [0.29, 0.717) is 47.9 Å². The quantitative estimate of drug-likeness (QED) is 0.335. The van der Waals surface area contributed by atoms with Crippen LogP contribution in [0.5, 0.6) is 0 Å².